The number of dihydropyridines is 2. The number of fused-ring (bicyclic) bond motifs is 2. The first-order valence-corrected chi connectivity index (χ1v) is 7.40. The Labute approximate surface area is 149 Å². The third-order valence-corrected chi connectivity index (χ3v) is 3.92. The molecule has 0 aromatic heterocycles. The molecule has 2 atom stereocenters. The third-order valence-electron chi connectivity index (χ3n) is 3.92. The maximum Gasteiger partial charge on any atom is 0.181 e. The van der Waals surface area contributed by atoms with Crippen LogP contribution in [0.25, 0.3) is 0 Å². The number of hydrogen-bond acceptors (Lipinski definition) is 4. The Kier molecular flexibility index (Phi) is 6.09. The van der Waals surface area contributed by atoms with Crippen molar-refractivity contribution in [2.45, 2.75) is 24.9 Å². The summed E-state index contributed by atoms with van der Waals surface area (Å²) in [6.45, 7) is 0. The van der Waals surface area contributed by atoms with Gasteiger partial charge in [0, 0.05) is 20.4 Å². The smallest absolute Gasteiger partial charge is 0.181 e. The van der Waals surface area contributed by atoms with Crippen LogP contribution in [-0.2, 0) is 30.0 Å². The van der Waals surface area contributed by atoms with E-state index >= 15 is 0 Å². The van der Waals surface area contributed by atoms with Gasteiger partial charge in [-0.1, -0.05) is 24.3 Å². The molecule has 4 rings (SSSR count). The predicted molar refractivity (Wildman–Crippen MR) is 85.8 cm³/mol. The fourth-order valence-electron chi connectivity index (χ4n) is 2.77. The topological polar surface area (TPSA) is 58.2 Å². The summed E-state index contributed by atoms with van der Waals surface area (Å²) < 4.78 is 0. The zero-order valence-corrected chi connectivity index (χ0v) is 14.0. The summed E-state index contributed by atoms with van der Waals surface area (Å²) in [5.41, 5.74) is 2.33. The molecule has 0 bridgehead atoms. The fraction of sp³-hybridized carbons (Fsp3) is 0.222. The van der Waals surface area contributed by atoms with E-state index in [4.69, 9.17) is 0 Å². The Morgan fingerprint density at radius 3 is 1.61 bits per heavy atom. The minimum Gasteiger partial charge on any atom is -0.378 e. The van der Waals surface area contributed by atoms with Crippen molar-refractivity contribution >= 4 is 11.6 Å². The number of nitrogens with one attached hydrogen (secondary N) is 2. The van der Waals surface area contributed by atoms with Crippen molar-refractivity contribution in [3.05, 3.63) is 72.2 Å². The van der Waals surface area contributed by atoms with E-state index in [1.54, 1.807) is 12.2 Å². The van der Waals surface area contributed by atoms with Gasteiger partial charge in [0.2, 0.25) is 0 Å². The average Bonchev–Trinajstić information content (AvgIpc) is 2.57. The molecule has 5 heteroatoms. The van der Waals surface area contributed by atoms with Crippen molar-refractivity contribution in [2.75, 3.05) is 0 Å². The van der Waals surface area contributed by atoms with E-state index in [1.165, 1.54) is 11.1 Å². The van der Waals surface area contributed by atoms with Crippen LogP contribution in [0.5, 0.6) is 0 Å². The minimum atomic E-state index is -0.0787. The molecular weight excluding hydrogens is 383 g/mol. The van der Waals surface area contributed by atoms with Gasteiger partial charge in [0.05, 0.1) is 0 Å². The summed E-state index contributed by atoms with van der Waals surface area (Å²) in [6, 6.07) is -0.157. The van der Waals surface area contributed by atoms with Crippen molar-refractivity contribution in [1.82, 2.24) is 10.6 Å². The van der Waals surface area contributed by atoms with E-state index in [0.717, 1.165) is 12.8 Å². The molecule has 2 N–H and O–H groups in total. The van der Waals surface area contributed by atoms with Crippen molar-refractivity contribution < 1.29 is 30.0 Å². The second kappa shape index (κ2) is 8.05. The van der Waals surface area contributed by atoms with Gasteiger partial charge in [0.15, 0.2) is 11.6 Å². The van der Waals surface area contributed by atoms with Gasteiger partial charge in [-0.05, 0) is 60.7 Å². The molecule has 2 heterocycles. The second-order valence-electron chi connectivity index (χ2n) is 5.42. The van der Waals surface area contributed by atoms with Crippen LogP contribution in [0.3, 0.4) is 0 Å². The fourth-order valence-corrected chi connectivity index (χ4v) is 2.77. The summed E-state index contributed by atoms with van der Waals surface area (Å²) in [4.78, 5) is 22.4. The maximum absolute atomic E-state index is 11.2. The first-order chi connectivity index (χ1) is 10.8. The standard InChI is InChI=1S/2C9H9NO.Pd/c2*11-8-5-1-3-7-4-2-6-10-9(7)8;/h2*1-2,4-6,9-10H,3H2;. The summed E-state index contributed by atoms with van der Waals surface area (Å²) in [5.74, 6) is 0.318. The van der Waals surface area contributed by atoms with E-state index in [-0.39, 0.29) is 44.1 Å². The first kappa shape index (κ1) is 17.4. The second-order valence-corrected chi connectivity index (χ2v) is 5.42. The number of hydrogen-bond donors (Lipinski definition) is 2. The van der Waals surface area contributed by atoms with Crippen molar-refractivity contribution in [3.8, 4) is 0 Å². The molecule has 2 unspecified atom stereocenters. The molecule has 0 saturated heterocycles. The number of ketones is 2. The van der Waals surface area contributed by atoms with Crippen LogP contribution in [0.1, 0.15) is 12.8 Å². The Morgan fingerprint density at radius 1 is 0.783 bits per heavy atom. The Balaban J connectivity index is 0.000000160. The molecule has 0 amide bonds. The van der Waals surface area contributed by atoms with E-state index in [1.807, 2.05) is 48.9 Å². The molecule has 0 fully saturated rings. The molecule has 0 spiro atoms. The molecule has 4 nitrogen and oxygen atoms in total. The van der Waals surface area contributed by atoms with Gasteiger partial charge in [0.1, 0.15) is 12.1 Å². The van der Waals surface area contributed by atoms with Crippen molar-refractivity contribution in [2.24, 2.45) is 0 Å². The summed E-state index contributed by atoms with van der Waals surface area (Å²) in [7, 11) is 0. The van der Waals surface area contributed by atoms with Crippen LogP contribution in [-0.4, -0.2) is 23.7 Å². The maximum atomic E-state index is 11.2. The molecule has 0 saturated carbocycles. The van der Waals surface area contributed by atoms with Crippen LogP contribution >= 0.6 is 0 Å². The summed E-state index contributed by atoms with van der Waals surface area (Å²) in [5, 5.41) is 6.04. The van der Waals surface area contributed by atoms with Gasteiger partial charge in [-0.2, -0.15) is 0 Å². The Hall–Kier alpha value is -1.96. The molecule has 23 heavy (non-hydrogen) atoms. The molecule has 0 aromatic carbocycles. The molecular formula is C18H18N2O2Pd. The van der Waals surface area contributed by atoms with Crippen LogP contribution in [0.15, 0.2) is 72.2 Å². The van der Waals surface area contributed by atoms with Crippen molar-refractivity contribution in [1.29, 1.82) is 0 Å². The Bertz CT molecular complexity index is 611. The van der Waals surface area contributed by atoms with Gasteiger partial charge in [-0.3, -0.25) is 9.59 Å². The van der Waals surface area contributed by atoms with E-state index in [9.17, 15) is 9.59 Å². The average molecular weight is 401 g/mol. The summed E-state index contributed by atoms with van der Waals surface area (Å²) in [6.07, 6.45) is 20.4. The van der Waals surface area contributed by atoms with E-state index in [0.29, 0.717) is 0 Å². The number of allylic oxidation sites excluding steroid dienone is 6. The SMILES string of the molecule is O=C1C=CCC2=CC=CNC12.O=C1C=CCC2=CC=CNC12.[Pd]. The van der Waals surface area contributed by atoms with Gasteiger partial charge < -0.3 is 10.6 Å². The van der Waals surface area contributed by atoms with Gasteiger partial charge in [-0.25, -0.2) is 0 Å². The van der Waals surface area contributed by atoms with Crippen molar-refractivity contribution in [3.63, 3.8) is 0 Å². The summed E-state index contributed by atoms with van der Waals surface area (Å²) >= 11 is 0. The van der Waals surface area contributed by atoms with Crippen LogP contribution in [0.2, 0.25) is 0 Å². The van der Waals surface area contributed by atoms with Gasteiger partial charge in [0.25, 0.3) is 0 Å². The first-order valence-electron chi connectivity index (χ1n) is 7.40. The molecule has 4 aliphatic rings. The zero-order valence-electron chi connectivity index (χ0n) is 12.5. The largest absolute Gasteiger partial charge is 0.378 e. The van der Waals surface area contributed by atoms with Gasteiger partial charge in [-0.15, -0.1) is 0 Å². The number of carbonyl (C=O) groups is 2. The van der Waals surface area contributed by atoms with E-state index in [2.05, 4.69) is 10.6 Å². The van der Waals surface area contributed by atoms with E-state index < -0.39 is 0 Å². The molecule has 0 aromatic rings. The normalized spacial score (nSPS) is 26.3. The molecule has 122 valence electrons. The van der Waals surface area contributed by atoms with Crippen LogP contribution in [0, 0.1) is 0 Å². The van der Waals surface area contributed by atoms with Crippen LogP contribution in [0.4, 0.5) is 0 Å². The minimum absolute atomic E-state index is 0. The monoisotopic (exact) mass is 400 g/mol. The third kappa shape index (κ3) is 4.07. The zero-order chi connectivity index (χ0) is 15.4. The number of rotatable bonds is 0. The quantitative estimate of drug-likeness (QED) is 0.609. The van der Waals surface area contributed by atoms with Gasteiger partial charge >= 0.3 is 0 Å². The Morgan fingerprint density at radius 2 is 1.22 bits per heavy atom. The molecule has 2 aliphatic carbocycles. The predicted octanol–water partition coefficient (Wildman–Crippen LogP) is 1.85. The molecule has 2 aliphatic heterocycles. The number of carbonyl (C=O) groups excluding carboxylic acids is 2. The molecule has 0 radical (unpaired) electrons. The van der Waals surface area contributed by atoms with Crippen LogP contribution < -0.4 is 10.6 Å².